The summed E-state index contributed by atoms with van der Waals surface area (Å²) < 4.78 is 5.65. The van der Waals surface area contributed by atoms with Gasteiger partial charge in [0.25, 0.3) is 0 Å². The predicted octanol–water partition coefficient (Wildman–Crippen LogP) is 3.23. The summed E-state index contributed by atoms with van der Waals surface area (Å²) in [6.07, 6.45) is 7.94. The number of hydrogen-bond donors (Lipinski definition) is 2. The molecule has 3 fully saturated rings. The highest BCUT2D eigenvalue weighted by atomic mass is 16.5. The number of aromatic nitrogens is 2. The van der Waals surface area contributed by atoms with Crippen LogP contribution in [0.2, 0.25) is 0 Å². The van der Waals surface area contributed by atoms with E-state index in [1.807, 2.05) is 0 Å². The van der Waals surface area contributed by atoms with E-state index in [0.717, 1.165) is 50.4 Å². The summed E-state index contributed by atoms with van der Waals surface area (Å²) in [7, 11) is 0. The van der Waals surface area contributed by atoms with Crippen molar-refractivity contribution in [3.8, 4) is 0 Å². The molecule has 0 saturated heterocycles. The molecule has 26 heavy (non-hydrogen) atoms. The first-order valence-electron chi connectivity index (χ1n) is 10.1. The van der Waals surface area contributed by atoms with Gasteiger partial charge in [0, 0.05) is 35.9 Å². The summed E-state index contributed by atoms with van der Waals surface area (Å²) in [5.74, 6) is 2.75. The van der Waals surface area contributed by atoms with Crippen molar-refractivity contribution in [2.24, 2.45) is 5.73 Å². The second-order valence-corrected chi connectivity index (χ2v) is 8.60. The summed E-state index contributed by atoms with van der Waals surface area (Å²) in [5.41, 5.74) is 7.67. The van der Waals surface area contributed by atoms with E-state index in [9.17, 15) is 0 Å². The summed E-state index contributed by atoms with van der Waals surface area (Å²) in [6.45, 7) is 0.962. The molecule has 5 nitrogen and oxygen atoms in total. The third-order valence-electron chi connectivity index (χ3n) is 6.55. The van der Waals surface area contributed by atoms with Crippen LogP contribution in [-0.4, -0.2) is 28.8 Å². The number of nitrogens with zero attached hydrogens (tertiary/aromatic N) is 2. The van der Waals surface area contributed by atoms with Gasteiger partial charge >= 0.3 is 0 Å². The van der Waals surface area contributed by atoms with Crippen LogP contribution in [0.3, 0.4) is 0 Å². The van der Waals surface area contributed by atoms with Crippen molar-refractivity contribution < 1.29 is 4.52 Å². The summed E-state index contributed by atoms with van der Waals surface area (Å²) in [4.78, 5) is 4.80. The smallest absolute Gasteiger partial charge is 0.229 e. The second-order valence-electron chi connectivity index (χ2n) is 8.60. The van der Waals surface area contributed by atoms with Crippen LogP contribution in [0, 0.1) is 0 Å². The maximum Gasteiger partial charge on any atom is 0.229 e. The lowest BCUT2D eigenvalue weighted by Crippen LogP contribution is -2.30. The van der Waals surface area contributed by atoms with Crippen LogP contribution in [0.15, 0.2) is 34.9 Å². The van der Waals surface area contributed by atoms with Crippen molar-refractivity contribution >= 4 is 0 Å². The molecule has 1 aromatic heterocycles. The lowest BCUT2D eigenvalue weighted by molar-refractivity contribution is 0.296. The molecule has 3 saturated carbocycles. The molecule has 0 amide bonds. The summed E-state index contributed by atoms with van der Waals surface area (Å²) in [5, 5.41) is 8.12. The zero-order chi connectivity index (χ0) is 17.6. The van der Waals surface area contributed by atoms with E-state index in [2.05, 4.69) is 40.8 Å². The zero-order valence-electron chi connectivity index (χ0n) is 15.2. The number of nitrogens with two attached hydrogens (primary N) is 1. The average molecular weight is 352 g/mol. The molecule has 0 unspecified atom stereocenters. The molecule has 3 aliphatic carbocycles. The zero-order valence-corrected chi connectivity index (χ0v) is 15.2. The molecular weight excluding hydrogens is 324 g/mol. The van der Waals surface area contributed by atoms with Gasteiger partial charge in [0.2, 0.25) is 5.89 Å². The van der Waals surface area contributed by atoms with Gasteiger partial charge in [-0.1, -0.05) is 41.9 Å². The third-order valence-corrected chi connectivity index (χ3v) is 6.55. The first-order valence-corrected chi connectivity index (χ1v) is 10.1. The molecule has 3 N–H and O–H groups in total. The Morgan fingerprint density at radius 1 is 1.15 bits per heavy atom. The standard InChI is InChI=1S/C21H28N4O/c22-16-8-4-7-15(11-16)19-24-20(25-26-19)21(9-10-21)13-23-18-12-17(18)14-5-2-1-3-6-14/h1-3,5-6,15-18,23H,4,7-13,22H2/t15-,16-,17+,18-/m1/s1. The molecule has 138 valence electrons. The molecule has 4 atom stereocenters. The van der Waals surface area contributed by atoms with Crippen LogP contribution in [-0.2, 0) is 5.41 Å². The molecular formula is C21H28N4O. The molecule has 5 rings (SSSR count). The fraction of sp³-hybridized carbons (Fsp3) is 0.619. The molecule has 0 aliphatic heterocycles. The van der Waals surface area contributed by atoms with Gasteiger partial charge in [-0.2, -0.15) is 4.98 Å². The van der Waals surface area contributed by atoms with E-state index >= 15 is 0 Å². The van der Waals surface area contributed by atoms with Crippen LogP contribution in [0.1, 0.15) is 74.1 Å². The van der Waals surface area contributed by atoms with Gasteiger partial charge < -0.3 is 15.6 Å². The first kappa shape index (κ1) is 16.5. The average Bonchev–Trinajstić information content (AvgIpc) is 3.58. The lowest BCUT2D eigenvalue weighted by atomic mass is 9.86. The van der Waals surface area contributed by atoms with E-state index in [1.165, 1.54) is 18.4 Å². The minimum Gasteiger partial charge on any atom is -0.339 e. The molecule has 1 heterocycles. The van der Waals surface area contributed by atoms with Crippen LogP contribution >= 0.6 is 0 Å². The molecule has 3 aliphatic rings. The fourth-order valence-electron chi connectivity index (χ4n) is 4.51. The maximum atomic E-state index is 6.12. The van der Waals surface area contributed by atoms with Gasteiger partial charge in [0.1, 0.15) is 0 Å². The molecule has 0 radical (unpaired) electrons. The van der Waals surface area contributed by atoms with E-state index in [-0.39, 0.29) is 11.5 Å². The quantitative estimate of drug-likeness (QED) is 0.835. The molecule has 1 aromatic carbocycles. The van der Waals surface area contributed by atoms with Crippen molar-refractivity contribution in [2.75, 3.05) is 6.54 Å². The Morgan fingerprint density at radius 2 is 2.00 bits per heavy atom. The van der Waals surface area contributed by atoms with Crippen LogP contribution < -0.4 is 11.1 Å². The third kappa shape index (κ3) is 3.19. The Labute approximate surface area is 154 Å². The summed E-state index contributed by atoms with van der Waals surface area (Å²) in [6, 6.07) is 11.7. The van der Waals surface area contributed by atoms with Crippen LogP contribution in [0.4, 0.5) is 0 Å². The maximum absolute atomic E-state index is 6.12. The minimum atomic E-state index is 0.0996. The van der Waals surface area contributed by atoms with Gasteiger partial charge in [-0.25, -0.2) is 0 Å². The van der Waals surface area contributed by atoms with Crippen molar-refractivity contribution in [3.05, 3.63) is 47.6 Å². The highest BCUT2D eigenvalue weighted by Crippen LogP contribution is 2.48. The molecule has 0 bridgehead atoms. The van der Waals surface area contributed by atoms with E-state index in [0.29, 0.717) is 17.9 Å². The van der Waals surface area contributed by atoms with Gasteiger partial charge in [-0.05, 0) is 44.1 Å². The van der Waals surface area contributed by atoms with Gasteiger partial charge in [0.05, 0.1) is 0 Å². The SMILES string of the molecule is N[C@@H]1CCC[C@@H](c2nc(C3(CN[C@@H]4C[C@H]4c4ccccc4)CC3)no2)C1. The Kier molecular flexibility index (Phi) is 4.09. The Morgan fingerprint density at radius 3 is 2.77 bits per heavy atom. The minimum absolute atomic E-state index is 0.0996. The van der Waals surface area contributed by atoms with Crippen molar-refractivity contribution in [2.45, 2.75) is 74.3 Å². The largest absolute Gasteiger partial charge is 0.339 e. The topological polar surface area (TPSA) is 77.0 Å². The van der Waals surface area contributed by atoms with E-state index in [1.54, 1.807) is 0 Å². The Balaban J connectivity index is 1.20. The number of hydrogen-bond acceptors (Lipinski definition) is 5. The highest BCUT2D eigenvalue weighted by molar-refractivity contribution is 5.28. The van der Waals surface area contributed by atoms with Crippen molar-refractivity contribution in [3.63, 3.8) is 0 Å². The highest BCUT2D eigenvalue weighted by Gasteiger charge is 2.50. The number of benzene rings is 1. The second kappa shape index (κ2) is 6.46. The van der Waals surface area contributed by atoms with E-state index < -0.39 is 0 Å². The number of rotatable bonds is 6. The Hall–Kier alpha value is -1.72. The summed E-state index contributed by atoms with van der Waals surface area (Å²) >= 11 is 0. The number of nitrogens with one attached hydrogen (secondary N) is 1. The van der Waals surface area contributed by atoms with Gasteiger partial charge in [-0.15, -0.1) is 0 Å². The van der Waals surface area contributed by atoms with Gasteiger partial charge in [0.15, 0.2) is 5.82 Å². The van der Waals surface area contributed by atoms with Crippen molar-refractivity contribution in [1.29, 1.82) is 0 Å². The molecule has 0 spiro atoms. The normalized spacial score (nSPS) is 32.3. The Bertz CT molecular complexity index is 754. The van der Waals surface area contributed by atoms with Crippen LogP contribution in [0.5, 0.6) is 0 Å². The fourth-order valence-corrected chi connectivity index (χ4v) is 4.51. The lowest BCUT2D eigenvalue weighted by Gasteiger charge is -2.23. The van der Waals surface area contributed by atoms with Crippen molar-refractivity contribution in [1.82, 2.24) is 15.5 Å². The molecule has 5 heteroatoms. The molecule has 2 aromatic rings. The van der Waals surface area contributed by atoms with Crippen LogP contribution in [0.25, 0.3) is 0 Å². The van der Waals surface area contributed by atoms with Gasteiger partial charge in [-0.3, -0.25) is 0 Å². The van der Waals surface area contributed by atoms with E-state index in [4.69, 9.17) is 15.2 Å². The monoisotopic (exact) mass is 352 g/mol. The predicted molar refractivity (Wildman–Crippen MR) is 100.0 cm³/mol. The first-order chi connectivity index (χ1) is 12.7.